The predicted molar refractivity (Wildman–Crippen MR) is 153 cm³/mol. The van der Waals surface area contributed by atoms with Gasteiger partial charge in [-0.05, 0) is 73.6 Å². The first kappa shape index (κ1) is 29.1. The molecule has 10 heteroatoms. The summed E-state index contributed by atoms with van der Waals surface area (Å²) in [4.78, 5) is 13.3. The van der Waals surface area contributed by atoms with E-state index in [1.165, 1.54) is 70.3 Å². The maximum Gasteiger partial charge on any atom is 0.265 e. The minimum atomic E-state index is -4.28. The highest BCUT2D eigenvalue weighted by molar-refractivity contribution is 7.92. The second kappa shape index (κ2) is 12.5. The van der Waals surface area contributed by atoms with Crippen LogP contribution >= 0.6 is 0 Å². The predicted octanol–water partition coefficient (Wildman–Crippen LogP) is 4.67. The van der Waals surface area contributed by atoms with Crippen molar-refractivity contribution in [2.75, 3.05) is 39.3 Å². The number of ether oxygens (including phenoxy) is 4. The van der Waals surface area contributed by atoms with Crippen molar-refractivity contribution >= 4 is 21.6 Å². The molecule has 214 valence electrons. The molecule has 4 rings (SSSR count). The number of sulfonamides is 1. The Balaban J connectivity index is 1.69. The van der Waals surface area contributed by atoms with Gasteiger partial charge in [0, 0.05) is 12.1 Å². The molecule has 0 radical (unpaired) electrons. The number of carbonyl (C=O) groups is 1. The zero-order valence-corrected chi connectivity index (χ0v) is 24.3. The van der Waals surface area contributed by atoms with Crippen LogP contribution < -0.4 is 28.6 Å². The van der Waals surface area contributed by atoms with Crippen LogP contribution in [0.5, 0.6) is 23.0 Å². The van der Waals surface area contributed by atoms with Crippen LogP contribution in [0.1, 0.15) is 42.5 Å². The molecular formula is C30H36N2O7S. The Labute approximate surface area is 236 Å². The molecule has 1 N–H and O–H groups in total. The number of hydrogen-bond acceptors (Lipinski definition) is 7. The third-order valence-corrected chi connectivity index (χ3v) is 8.89. The lowest BCUT2D eigenvalue weighted by Crippen LogP contribution is -2.41. The molecule has 1 atom stereocenters. The minimum absolute atomic E-state index is 0.0782. The van der Waals surface area contributed by atoms with Crippen LogP contribution in [0.25, 0.3) is 0 Å². The summed E-state index contributed by atoms with van der Waals surface area (Å²) in [6, 6.07) is 15.0. The van der Waals surface area contributed by atoms with E-state index in [1.54, 1.807) is 12.1 Å². The Morgan fingerprint density at radius 1 is 0.825 bits per heavy atom. The lowest BCUT2D eigenvalue weighted by atomic mass is 9.89. The summed E-state index contributed by atoms with van der Waals surface area (Å²) >= 11 is 0. The number of benzene rings is 3. The van der Waals surface area contributed by atoms with Crippen molar-refractivity contribution < 1.29 is 32.2 Å². The van der Waals surface area contributed by atoms with Crippen molar-refractivity contribution in [3.05, 3.63) is 71.3 Å². The zero-order valence-electron chi connectivity index (χ0n) is 23.5. The third kappa shape index (κ3) is 6.12. The Hall–Kier alpha value is -3.92. The number of fused-ring (bicyclic) bond motifs is 1. The van der Waals surface area contributed by atoms with Crippen molar-refractivity contribution in [1.82, 2.24) is 5.32 Å². The first-order valence-electron chi connectivity index (χ1n) is 13.1. The van der Waals surface area contributed by atoms with Crippen LogP contribution in [0.4, 0.5) is 5.69 Å². The quantitative estimate of drug-likeness (QED) is 0.359. The van der Waals surface area contributed by atoms with Crippen LogP contribution in [0.15, 0.2) is 59.5 Å². The fourth-order valence-electron chi connectivity index (χ4n) is 4.92. The summed E-state index contributed by atoms with van der Waals surface area (Å²) in [6.07, 6.45) is 4.44. The van der Waals surface area contributed by atoms with E-state index in [4.69, 9.17) is 18.9 Å². The molecular weight excluding hydrogens is 532 g/mol. The van der Waals surface area contributed by atoms with Crippen molar-refractivity contribution in [2.24, 2.45) is 0 Å². The van der Waals surface area contributed by atoms with Crippen LogP contribution in [0.3, 0.4) is 0 Å². The van der Waals surface area contributed by atoms with E-state index in [0.29, 0.717) is 11.5 Å². The molecule has 0 saturated heterocycles. The number of rotatable bonds is 11. The number of amides is 1. The fraction of sp³-hybridized carbons (Fsp3) is 0.367. The van der Waals surface area contributed by atoms with Gasteiger partial charge in [-0.2, -0.15) is 0 Å². The number of methoxy groups -OCH3 is 4. The summed E-state index contributed by atoms with van der Waals surface area (Å²) in [5.74, 6) is 0.820. The largest absolute Gasteiger partial charge is 0.497 e. The highest BCUT2D eigenvalue weighted by Crippen LogP contribution is 2.37. The number of anilines is 1. The highest BCUT2D eigenvalue weighted by Gasteiger charge is 2.31. The third-order valence-electron chi connectivity index (χ3n) is 7.13. The normalized spacial score (nSPS) is 13.5. The van der Waals surface area contributed by atoms with E-state index >= 15 is 0 Å². The summed E-state index contributed by atoms with van der Waals surface area (Å²) in [6.45, 7) is 1.40. The Morgan fingerprint density at radius 3 is 2.17 bits per heavy atom. The van der Waals surface area contributed by atoms with Gasteiger partial charge in [-0.25, -0.2) is 8.42 Å². The molecule has 0 fully saturated rings. The van der Waals surface area contributed by atoms with Gasteiger partial charge >= 0.3 is 0 Å². The van der Waals surface area contributed by atoms with Crippen LogP contribution in [0, 0.1) is 0 Å². The van der Waals surface area contributed by atoms with Gasteiger partial charge in [0.15, 0.2) is 11.5 Å². The van der Waals surface area contributed by atoms with Gasteiger partial charge < -0.3 is 24.3 Å². The van der Waals surface area contributed by atoms with Gasteiger partial charge in [-0.1, -0.05) is 18.2 Å². The first-order chi connectivity index (χ1) is 19.2. The van der Waals surface area contributed by atoms with E-state index in [1.807, 2.05) is 13.0 Å². The first-order valence-corrected chi connectivity index (χ1v) is 14.5. The SMILES string of the molecule is COc1ccc(OC)c(N(CC(=O)NC(C)c2ccc3c(c2)CCCC3)S(=O)(=O)c2ccc(OC)c(OC)c2)c1. The Kier molecular flexibility index (Phi) is 9.09. The van der Waals surface area contributed by atoms with Crippen molar-refractivity contribution in [3.8, 4) is 23.0 Å². The molecule has 0 saturated carbocycles. The number of nitrogens with zero attached hydrogens (tertiary/aromatic N) is 1. The average molecular weight is 569 g/mol. The molecule has 1 amide bonds. The molecule has 1 aliphatic carbocycles. The summed E-state index contributed by atoms with van der Waals surface area (Å²) < 4.78 is 50.6. The standard InChI is InChI=1S/C30H36N2O7S/c1-20(22-11-10-21-8-6-7-9-23(21)16-22)31-30(33)19-32(26-17-24(36-2)12-14-27(26)37-3)40(34,35)25-13-15-28(38-4)29(18-25)39-5/h10-18,20H,6-9,19H2,1-5H3,(H,31,33). The molecule has 0 aromatic heterocycles. The second-order valence-corrected chi connectivity index (χ2v) is 11.5. The maximum absolute atomic E-state index is 14.1. The molecule has 0 spiro atoms. The molecule has 1 unspecified atom stereocenters. The smallest absolute Gasteiger partial charge is 0.265 e. The summed E-state index contributed by atoms with van der Waals surface area (Å²) in [5.41, 5.74) is 3.80. The number of aryl methyl sites for hydroxylation is 2. The number of nitrogens with one attached hydrogen (secondary N) is 1. The maximum atomic E-state index is 14.1. The molecule has 1 aliphatic rings. The van der Waals surface area contributed by atoms with Crippen molar-refractivity contribution in [1.29, 1.82) is 0 Å². The number of hydrogen-bond donors (Lipinski definition) is 1. The van der Waals surface area contributed by atoms with Gasteiger partial charge in [0.05, 0.1) is 45.1 Å². The van der Waals surface area contributed by atoms with Gasteiger partial charge in [0.2, 0.25) is 5.91 Å². The Morgan fingerprint density at radius 2 is 1.50 bits per heavy atom. The summed E-state index contributed by atoms with van der Waals surface area (Å²) in [5, 5.41) is 2.97. The van der Waals surface area contributed by atoms with E-state index in [0.717, 1.165) is 29.1 Å². The average Bonchev–Trinajstić information content (AvgIpc) is 2.98. The second-order valence-electron chi connectivity index (χ2n) is 9.59. The molecule has 0 aliphatic heterocycles. The van der Waals surface area contributed by atoms with Crippen LogP contribution in [0.2, 0.25) is 0 Å². The van der Waals surface area contributed by atoms with Crippen molar-refractivity contribution in [3.63, 3.8) is 0 Å². The minimum Gasteiger partial charge on any atom is -0.497 e. The topological polar surface area (TPSA) is 103 Å². The van der Waals surface area contributed by atoms with Crippen molar-refractivity contribution in [2.45, 2.75) is 43.5 Å². The van der Waals surface area contributed by atoms with E-state index < -0.39 is 22.5 Å². The monoisotopic (exact) mass is 568 g/mol. The number of carbonyl (C=O) groups excluding carboxylic acids is 1. The van der Waals surface area contributed by atoms with E-state index in [9.17, 15) is 13.2 Å². The molecule has 3 aromatic carbocycles. The van der Waals surface area contributed by atoms with Gasteiger partial charge in [-0.3, -0.25) is 9.10 Å². The highest BCUT2D eigenvalue weighted by atomic mass is 32.2. The fourth-order valence-corrected chi connectivity index (χ4v) is 6.36. The van der Waals surface area contributed by atoms with Gasteiger partial charge in [-0.15, -0.1) is 0 Å². The summed E-state index contributed by atoms with van der Waals surface area (Å²) in [7, 11) is 1.53. The van der Waals surface area contributed by atoms with Gasteiger partial charge in [0.1, 0.15) is 18.0 Å². The Bertz CT molecular complexity index is 1470. The zero-order chi connectivity index (χ0) is 28.9. The van der Waals surface area contributed by atoms with Gasteiger partial charge in [0.25, 0.3) is 10.0 Å². The molecule has 0 heterocycles. The van der Waals surface area contributed by atoms with Crippen LogP contribution in [-0.2, 0) is 27.7 Å². The lowest BCUT2D eigenvalue weighted by molar-refractivity contribution is -0.120. The van der Waals surface area contributed by atoms with E-state index in [-0.39, 0.29) is 28.1 Å². The molecule has 40 heavy (non-hydrogen) atoms. The molecule has 3 aromatic rings. The molecule has 0 bridgehead atoms. The van der Waals surface area contributed by atoms with E-state index in [2.05, 4.69) is 17.4 Å². The van der Waals surface area contributed by atoms with Crippen LogP contribution in [-0.4, -0.2) is 49.3 Å². The lowest BCUT2D eigenvalue weighted by Gasteiger charge is -2.27. The molecule has 9 nitrogen and oxygen atoms in total.